The number of carbonyl (C=O) groups excluding carboxylic acids is 2. The van der Waals surface area contributed by atoms with Crippen molar-refractivity contribution in [1.82, 2.24) is 4.98 Å². The standard InChI is InChI=1S/C25H21ClN2O4/c1-3-32-20-11-10-16(13-15(20)2)23(29)21-22(19-9-4-5-12-27-19)28(25(31)24(21)30)18-8-6-7-17(26)14-18/h4-14,22,29H,3H2,1-2H3/b23-21+. The van der Waals surface area contributed by atoms with Crippen LogP contribution in [0.2, 0.25) is 5.02 Å². The first-order chi connectivity index (χ1) is 15.4. The van der Waals surface area contributed by atoms with Crippen molar-refractivity contribution in [2.24, 2.45) is 0 Å². The molecule has 1 amide bonds. The maximum atomic E-state index is 13.1. The lowest BCUT2D eigenvalue weighted by Gasteiger charge is -2.24. The highest BCUT2D eigenvalue weighted by atomic mass is 35.5. The molecule has 3 aromatic rings. The number of aliphatic hydroxyl groups is 1. The molecule has 7 heteroatoms. The summed E-state index contributed by atoms with van der Waals surface area (Å²) in [5.74, 6) is -1.13. The van der Waals surface area contributed by atoms with E-state index in [2.05, 4.69) is 4.98 Å². The number of amides is 1. The van der Waals surface area contributed by atoms with E-state index in [0.29, 0.717) is 34.3 Å². The molecule has 2 heterocycles. The van der Waals surface area contributed by atoms with Crippen molar-refractivity contribution in [3.63, 3.8) is 0 Å². The molecule has 1 N–H and O–H groups in total. The van der Waals surface area contributed by atoms with Gasteiger partial charge in [-0.05, 0) is 67.9 Å². The largest absolute Gasteiger partial charge is 0.507 e. The lowest BCUT2D eigenvalue weighted by atomic mass is 9.97. The number of anilines is 1. The molecule has 1 atom stereocenters. The molecule has 4 rings (SSSR count). The van der Waals surface area contributed by atoms with E-state index in [1.54, 1.807) is 66.9 Å². The zero-order valence-electron chi connectivity index (χ0n) is 17.6. The fourth-order valence-corrected chi connectivity index (χ4v) is 4.00. The second-order valence-corrected chi connectivity index (χ2v) is 7.75. The average molecular weight is 449 g/mol. The van der Waals surface area contributed by atoms with Gasteiger partial charge in [0.2, 0.25) is 0 Å². The van der Waals surface area contributed by atoms with Crippen LogP contribution in [0, 0.1) is 6.92 Å². The number of aliphatic hydroxyl groups excluding tert-OH is 1. The van der Waals surface area contributed by atoms with Gasteiger partial charge >= 0.3 is 0 Å². The second-order valence-electron chi connectivity index (χ2n) is 7.32. The van der Waals surface area contributed by atoms with E-state index >= 15 is 0 Å². The first-order valence-electron chi connectivity index (χ1n) is 10.1. The fourth-order valence-electron chi connectivity index (χ4n) is 3.81. The van der Waals surface area contributed by atoms with Crippen LogP contribution in [0.4, 0.5) is 5.69 Å². The Kier molecular flexibility index (Phi) is 5.97. The molecule has 1 unspecified atom stereocenters. The minimum Gasteiger partial charge on any atom is -0.507 e. The van der Waals surface area contributed by atoms with Crippen molar-refractivity contribution >= 4 is 34.7 Å². The zero-order valence-corrected chi connectivity index (χ0v) is 18.3. The minimum atomic E-state index is -0.901. The highest BCUT2D eigenvalue weighted by Crippen LogP contribution is 2.42. The van der Waals surface area contributed by atoms with E-state index < -0.39 is 17.7 Å². The third-order valence-electron chi connectivity index (χ3n) is 5.25. The number of hydrogen-bond acceptors (Lipinski definition) is 5. The number of halogens is 1. The van der Waals surface area contributed by atoms with Crippen LogP contribution in [0.25, 0.3) is 5.76 Å². The quantitative estimate of drug-likeness (QED) is 0.335. The summed E-state index contributed by atoms with van der Waals surface area (Å²) in [7, 11) is 0. The Balaban J connectivity index is 1.90. The number of ether oxygens (including phenoxy) is 1. The summed E-state index contributed by atoms with van der Waals surface area (Å²) in [6.45, 7) is 4.25. The number of ketones is 1. The van der Waals surface area contributed by atoms with Gasteiger partial charge in [0.05, 0.1) is 17.9 Å². The van der Waals surface area contributed by atoms with E-state index in [1.807, 2.05) is 13.8 Å². The third kappa shape index (κ3) is 3.85. The van der Waals surface area contributed by atoms with Crippen molar-refractivity contribution in [3.05, 3.63) is 94.3 Å². The lowest BCUT2D eigenvalue weighted by Crippen LogP contribution is -2.29. The number of carbonyl (C=O) groups is 2. The second kappa shape index (κ2) is 8.85. The molecule has 1 saturated heterocycles. The molecule has 0 saturated carbocycles. The Bertz CT molecular complexity index is 1220. The van der Waals surface area contributed by atoms with Gasteiger partial charge in [-0.3, -0.25) is 19.5 Å². The molecule has 0 bridgehead atoms. The van der Waals surface area contributed by atoms with E-state index in [9.17, 15) is 14.7 Å². The topological polar surface area (TPSA) is 79.7 Å². The van der Waals surface area contributed by atoms with Crippen LogP contribution >= 0.6 is 11.6 Å². The summed E-state index contributed by atoms with van der Waals surface area (Å²) in [5, 5.41) is 11.6. The summed E-state index contributed by atoms with van der Waals surface area (Å²) >= 11 is 6.14. The molecule has 162 valence electrons. The summed E-state index contributed by atoms with van der Waals surface area (Å²) in [6.07, 6.45) is 1.58. The maximum Gasteiger partial charge on any atom is 0.300 e. The Morgan fingerprint density at radius 1 is 1.12 bits per heavy atom. The van der Waals surface area contributed by atoms with Gasteiger partial charge in [0.1, 0.15) is 17.6 Å². The smallest absolute Gasteiger partial charge is 0.300 e. The van der Waals surface area contributed by atoms with E-state index in [4.69, 9.17) is 16.3 Å². The van der Waals surface area contributed by atoms with Gasteiger partial charge in [0.15, 0.2) is 0 Å². The highest BCUT2D eigenvalue weighted by molar-refractivity contribution is 6.51. The molecule has 1 fully saturated rings. The molecule has 2 aromatic carbocycles. The van der Waals surface area contributed by atoms with Crippen LogP contribution in [0.1, 0.15) is 29.8 Å². The van der Waals surface area contributed by atoms with E-state index in [-0.39, 0.29) is 11.3 Å². The van der Waals surface area contributed by atoms with Gasteiger partial charge in [0, 0.05) is 22.5 Å². The molecule has 1 aromatic heterocycles. The van der Waals surface area contributed by atoms with Crippen molar-refractivity contribution in [2.75, 3.05) is 11.5 Å². The maximum absolute atomic E-state index is 13.1. The third-order valence-corrected chi connectivity index (χ3v) is 5.48. The Morgan fingerprint density at radius 2 is 1.94 bits per heavy atom. The van der Waals surface area contributed by atoms with Gasteiger partial charge in [-0.25, -0.2) is 0 Å². The van der Waals surface area contributed by atoms with Crippen molar-refractivity contribution in [1.29, 1.82) is 0 Å². The predicted molar refractivity (Wildman–Crippen MR) is 123 cm³/mol. The monoisotopic (exact) mass is 448 g/mol. The summed E-state index contributed by atoms with van der Waals surface area (Å²) < 4.78 is 5.56. The lowest BCUT2D eigenvalue weighted by molar-refractivity contribution is -0.132. The van der Waals surface area contributed by atoms with Crippen LogP contribution in [0.3, 0.4) is 0 Å². The molecule has 0 aliphatic carbocycles. The Hall–Kier alpha value is -3.64. The van der Waals surface area contributed by atoms with Crippen LogP contribution in [-0.2, 0) is 9.59 Å². The van der Waals surface area contributed by atoms with Crippen molar-refractivity contribution in [2.45, 2.75) is 19.9 Å². The van der Waals surface area contributed by atoms with Crippen LogP contribution in [0.5, 0.6) is 5.75 Å². The van der Waals surface area contributed by atoms with Crippen LogP contribution < -0.4 is 9.64 Å². The first kappa shape index (κ1) is 21.6. The highest BCUT2D eigenvalue weighted by Gasteiger charge is 2.47. The molecule has 6 nitrogen and oxygen atoms in total. The predicted octanol–water partition coefficient (Wildman–Crippen LogP) is 5.07. The molecule has 0 radical (unpaired) electrons. The number of aryl methyl sites for hydroxylation is 1. The number of aromatic nitrogens is 1. The van der Waals surface area contributed by atoms with E-state index in [0.717, 1.165) is 5.56 Å². The SMILES string of the molecule is CCOc1ccc(/C(O)=C2\C(=O)C(=O)N(c3cccc(Cl)c3)C2c2ccccn2)cc1C. The van der Waals surface area contributed by atoms with Crippen molar-refractivity contribution < 1.29 is 19.4 Å². The van der Waals surface area contributed by atoms with Gasteiger partial charge in [-0.15, -0.1) is 0 Å². The molecular weight excluding hydrogens is 428 g/mol. The molecule has 0 spiro atoms. The van der Waals surface area contributed by atoms with Crippen molar-refractivity contribution in [3.8, 4) is 5.75 Å². The van der Waals surface area contributed by atoms with Gasteiger partial charge in [0.25, 0.3) is 11.7 Å². The number of pyridine rings is 1. The van der Waals surface area contributed by atoms with Gasteiger partial charge < -0.3 is 9.84 Å². The summed E-state index contributed by atoms with van der Waals surface area (Å²) in [6, 6.07) is 16.1. The van der Waals surface area contributed by atoms with Gasteiger partial charge in [-0.2, -0.15) is 0 Å². The number of hydrogen-bond donors (Lipinski definition) is 1. The average Bonchev–Trinajstić information content (AvgIpc) is 3.06. The normalized spacial score (nSPS) is 17.6. The number of Topliss-reactive ketones (excluding diaryl/α,β-unsaturated/α-hetero) is 1. The molecule has 1 aliphatic rings. The zero-order chi connectivity index (χ0) is 22.8. The first-order valence-corrected chi connectivity index (χ1v) is 10.5. The van der Waals surface area contributed by atoms with Gasteiger partial charge in [-0.1, -0.05) is 23.7 Å². The number of nitrogens with zero attached hydrogens (tertiary/aromatic N) is 2. The minimum absolute atomic E-state index is 0.0303. The van der Waals surface area contributed by atoms with E-state index in [1.165, 1.54) is 4.90 Å². The molecule has 32 heavy (non-hydrogen) atoms. The van der Waals surface area contributed by atoms with Crippen LogP contribution in [-0.4, -0.2) is 28.4 Å². The number of benzene rings is 2. The van der Waals surface area contributed by atoms with Crippen LogP contribution in [0.15, 0.2) is 72.4 Å². The number of rotatable bonds is 5. The fraction of sp³-hybridized carbons (Fsp3) is 0.160. The Labute approximate surface area is 190 Å². The molecular formula is C25H21ClN2O4. The Morgan fingerprint density at radius 3 is 2.59 bits per heavy atom. The molecule has 1 aliphatic heterocycles. The summed E-state index contributed by atoms with van der Waals surface area (Å²) in [5.41, 5.74) is 2.08. The summed E-state index contributed by atoms with van der Waals surface area (Å²) in [4.78, 5) is 31.9.